The van der Waals surface area contributed by atoms with Gasteiger partial charge in [-0.15, -0.1) is 0 Å². The van der Waals surface area contributed by atoms with Crippen LogP contribution in [0.4, 0.5) is 0 Å². The van der Waals surface area contributed by atoms with Gasteiger partial charge in [0.15, 0.2) is 0 Å². The number of hydrogen-bond donors (Lipinski definition) is 0. The lowest BCUT2D eigenvalue weighted by molar-refractivity contribution is 0.0672. The van der Waals surface area contributed by atoms with Gasteiger partial charge in [-0.1, -0.05) is 22.9 Å². The Balaban J connectivity index is 1.75. The van der Waals surface area contributed by atoms with Crippen LogP contribution in [0.1, 0.15) is 32.9 Å². The Morgan fingerprint density at radius 2 is 2.08 bits per heavy atom. The molecule has 5 heteroatoms. The second kappa shape index (κ2) is 6.77. The van der Waals surface area contributed by atoms with E-state index in [-0.39, 0.29) is 17.9 Å². The minimum absolute atomic E-state index is 0.0180. The summed E-state index contributed by atoms with van der Waals surface area (Å²) in [4.78, 5) is 14.8. The van der Waals surface area contributed by atoms with E-state index in [0.717, 1.165) is 34.6 Å². The molecular weight excluding hydrogens is 304 g/mol. The summed E-state index contributed by atoms with van der Waals surface area (Å²) in [6, 6.07) is 7.94. The van der Waals surface area contributed by atoms with E-state index in [1.165, 1.54) is 0 Å². The number of hydrogen-bond acceptors (Lipinski definition) is 4. The van der Waals surface area contributed by atoms with E-state index in [1.54, 1.807) is 7.11 Å². The summed E-state index contributed by atoms with van der Waals surface area (Å²) < 4.78 is 10.9. The van der Waals surface area contributed by atoms with Crippen molar-refractivity contribution in [2.75, 3.05) is 20.2 Å². The number of methoxy groups -OCH3 is 1. The lowest BCUT2D eigenvalue weighted by Gasteiger charge is -2.18. The van der Waals surface area contributed by atoms with Crippen molar-refractivity contribution in [1.82, 2.24) is 10.1 Å². The number of likely N-dealkylation sites (tertiary alicyclic amines) is 1. The summed E-state index contributed by atoms with van der Waals surface area (Å²) in [5.74, 6) is 1.14. The van der Waals surface area contributed by atoms with Gasteiger partial charge in [-0.05, 0) is 32.4 Å². The van der Waals surface area contributed by atoms with Crippen LogP contribution in [-0.2, 0) is 11.2 Å². The Labute approximate surface area is 142 Å². The molecule has 0 aliphatic carbocycles. The van der Waals surface area contributed by atoms with Gasteiger partial charge in [0.25, 0.3) is 5.91 Å². The fourth-order valence-corrected chi connectivity index (χ4v) is 3.38. The smallest absolute Gasteiger partial charge is 0.254 e. The first-order chi connectivity index (χ1) is 11.5. The van der Waals surface area contributed by atoms with Crippen molar-refractivity contribution in [2.45, 2.75) is 33.3 Å². The van der Waals surface area contributed by atoms with Gasteiger partial charge in [0.1, 0.15) is 5.76 Å². The molecule has 0 N–H and O–H groups in total. The highest BCUT2D eigenvalue weighted by Crippen LogP contribution is 2.26. The maximum Gasteiger partial charge on any atom is 0.254 e. The van der Waals surface area contributed by atoms with Crippen molar-refractivity contribution in [2.24, 2.45) is 5.92 Å². The van der Waals surface area contributed by atoms with Gasteiger partial charge < -0.3 is 14.2 Å². The molecule has 0 radical (unpaired) electrons. The number of aromatic nitrogens is 1. The molecule has 2 aromatic rings. The summed E-state index contributed by atoms with van der Waals surface area (Å²) in [6.07, 6.45) is 0.750. The minimum Gasteiger partial charge on any atom is -0.379 e. The maximum absolute atomic E-state index is 12.9. The van der Waals surface area contributed by atoms with Crippen LogP contribution in [-0.4, -0.2) is 42.3 Å². The van der Waals surface area contributed by atoms with Crippen molar-refractivity contribution < 1.29 is 14.1 Å². The molecule has 0 saturated carbocycles. The number of amides is 1. The van der Waals surface area contributed by atoms with E-state index >= 15 is 0 Å². The largest absolute Gasteiger partial charge is 0.379 e. The highest BCUT2D eigenvalue weighted by Gasteiger charge is 2.36. The molecule has 1 saturated heterocycles. The standard InChI is InChI=1S/C19H24N2O3/c1-12-5-6-13(2)17(7-12)19(22)21-10-15(18(11-21)23-4)9-16-8-14(3)20-24-16/h5-8,15,18H,9-11H2,1-4H3. The van der Waals surface area contributed by atoms with Crippen LogP contribution in [0.5, 0.6) is 0 Å². The third-order valence-electron chi connectivity index (χ3n) is 4.73. The molecule has 5 nitrogen and oxygen atoms in total. The SMILES string of the molecule is COC1CN(C(=O)c2cc(C)ccc2C)CC1Cc1cc(C)no1. The quantitative estimate of drug-likeness (QED) is 0.866. The zero-order valence-corrected chi connectivity index (χ0v) is 14.7. The number of carbonyl (C=O) groups excluding carboxylic acids is 1. The first-order valence-electron chi connectivity index (χ1n) is 8.29. The van der Waals surface area contributed by atoms with E-state index < -0.39 is 0 Å². The fraction of sp³-hybridized carbons (Fsp3) is 0.474. The molecule has 2 unspecified atom stereocenters. The molecule has 1 aromatic heterocycles. The maximum atomic E-state index is 12.9. The van der Waals surface area contributed by atoms with Crippen molar-refractivity contribution in [3.63, 3.8) is 0 Å². The molecule has 128 valence electrons. The molecule has 2 heterocycles. The zero-order chi connectivity index (χ0) is 17.3. The Morgan fingerprint density at radius 3 is 2.75 bits per heavy atom. The van der Waals surface area contributed by atoms with Gasteiger partial charge in [-0.3, -0.25) is 4.79 Å². The van der Waals surface area contributed by atoms with E-state index in [2.05, 4.69) is 5.16 Å². The van der Waals surface area contributed by atoms with Crippen LogP contribution in [0.3, 0.4) is 0 Å². The molecule has 0 spiro atoms. The summed E-state index contributed by atoms with van der Waals surface area (Å²) in [7, 11) is 1.70. The fourth-order valence-electron chi connectivity index (χ4n) is 3.38. The van der Waals surface area contributed by atoms with E-state index in [1.807, 2.05) is 49.9 Å². The van der Waals surface area contributed by atoms with Gasteiger partial charge >= 0.3 is 0 Å². The Hall–Kier alpha value is -2.14. The van der Waals surface area contributed by atoms with Gasteiger partial charge in [0.2, 0.25) is 0 Å². The minimum atomic E-state index is 0.0180. The third-order valence-corrected chi connectivity index (χ3v) is 4.73. The van der Waals surface area contributed by atoms with Gasteiger partial charge in [0.05, 0.1) is 11.8 Å². The second-order valence-electron chi connectivity index (χ2n) is 6.70. The lowest BCUT2D eigenvalue weighted by Crippen LogP contribution is -2.30. The van der Waals surface area contributed by atoms with Crippen molar-refractivity contribution in [3.05, 3.63) is 52.4 Å². The normalized spacial score (nSPS) is 20.6. The first kappa shape index (κ1) is 16.7. The Morgan fingerprint density at radius 1 is 1.29 bits per heavy atom. The number of nitrogens with zero attached hydrogens (tertiary/aromatic N) is 2. The average Bonchev–Trinajstić information content (AvgIpc) is 3.15. The van der Waals surface area contributed by atoms with Crippen LogP contribution in [0.2, 0.25) is 0 Å². The zero-order valence-electron chi connectivity index (χ0n) is 14.7. The van der Waals surface area contributed by atoms with E-state index in [9.17, 15) is 4.79 Å². The molecule has 3 rings (SSSR count). The molecule has 1 aromatic carbocycles. The topological polar surface area (TPSA) is 55.6 Å². The van der Waals surface area contributed by atoms with Crippen LogP contribution in [0, 0.1) is 26.7 Å². The van der Waals surface area contributed by atoms with Crippen LogP contribution in [0.15, 0.2) is 28.8 Å². The highest BCUT2D eigenvalue weighted by atomic mass is 16.5. The molecular formula is C19H24N2O3. The summed E-state index contributed by atoms with van der Waals surface area (Å²) in [5.41, 5.74) is 3.76. The van der Waals surface area contributed by atoms with Crippen LogP contribution < -0.4 is 0 Å². The van der Waals surface area contributed by atoms with E-state index in [4.69, 9.17) is 9.26 Å². The monoisotopic (exact) mass is 328 g/mol. The Kier molecular flexibility index (Phi) is 4.71. The van der Waals surface area contributed by atoms with Gasteiger partial charge in [-0.25, -0.2) is 0 Å². The number of benzene rings is 1. The van der Waals surface area contributed by atoms with Crippen molar-refractivity contribution >= 4 is 5.91 Å². The molecule has 24 heavy (non-hydrogen) atoms. The van der Waals surface area contributed by atoms with Crippen molar-refractivity contribution in [3.8, 4) is 0 Å². The molecule has 0 bridgehead atoms. The molecule has 2 atom stereocenters. The number of rotatable bonds is 4. The molecule has 1 amide bonds. The van der Waals surface area contributed by atoms with Crippen LogP contribution in [0.25, 0.3) is 0 Å². The van der Waals surface area contributed by atoms with Gasteiger partial charge in [0, 0.05) is 44.2 Å². The predicted octanol–water partition coefficient (Wildman–Crippen LogP) is 2.93. The Bertz CT molecular complexity index is 738. The van der Waals surface area contributed by atoms with E-state index in [0.29, 0.717) is 13.1 Å². The number of carbonyl (C=O) groups is 1. The summed E-state index contributed by atoms with van der Waals surface area (Å²) in [5, 5.41) is 3.94. The number of aryl methyl sites for hydroxylation is 3. The molecule has 1 fully saturated rings. The third kappa shape index (κ3) is 3.36. The van der Waals surface area contributed by atoms with Crippen molar-refractivity contribution in [1.29, 1.82) is 0 Å². The highest BCUT2D eigenvalue weighted by molar-refractivity contribution is 5.96. The lowest BCUT2D eigenvalue weighted by atomic mass is 10.0. The predicted molar refractivity (Wildman–Crippen MR) is 91.1 cm³/mol. The first-order valence-corrected chi connectivity index (χ1v) is 8.29. The summed E-state index contributed by atoms with van der Waals surface area (Å²) in [6.45, 7) is 7.18. The van der Waals surface area contributed by atoms with Crippen LogP contribution >= 0.6 is 0 Å². The van der Waals surface area contributed by atoms with Gasteiger partial charge in [-0.2, -0.15) is 0 Å². The molecule has 1 aliphatic rings. The second-order valence-corrected chi connectivity index (χ2v) is 6.70. The average molecular weight is 328 g/mol. The number of ether oxygens (including phenoxy) is 1. The summed E-state index contributed by atoms with van der Waals surface area (Å²) >= 11 is 0. The molecule has 1 aliphatic heterocycles.